The maximum Gasteiger partial charge on any atom is 0.139 e. The van der Waals surface area contributed by atoms with Crippen LogP contribution in [0.4, 0.5) is 17.1 Å². The summed E-state index contributed by atoms with van der Waals surface area (Å²) >= 11 is 8.04. The highest BCUT2D eigenvalue weighted by Crippen LogP contribution is 2.42. The number of hydrogen-bond donors (Lipinski definition) is 0. The fraction of sp³-hybridized carbons (Fsp3) is 0.421. The number of anilines is 2. The number of hydrogen-bond acceptors (Lipinski definition) is 5. The van der Waals surface area contributed by atoms with Gasteiger partial charge in [-0.3, -0.25) is 0 Å². The molecule has 6 heteroatoms. The Hall–Kier alpha value is -1.56. The normalized spacial score (nSPS) is 17.8. The minimum absolute atomic E-state index is 0.737. The summed E-state index contributed by atoms with van der Waals surface area (Å²) in [6, 6.07) is 6.06. The molecule has 0 aliphatic carbocycles. The molecule has 132 valence electrons. The Bertz CT molecular complexity index is 792. The molecule has 0 spiro atoms. The third kappa shape index (κ3) is 3.16. The van der Waals surface area contributed by atoms with Gasteiger partial charge >= 0.3 is 0 Å². The van der Waals surface area contributed by atoms with E-state index in [-0.39, 0.29) is 0 Å². The number of thiophene rings is 1. The Labute approximate surface area is 158 Å². The molecule has 0 N–H and O–H groups in total. The van der Waals surface area contributed by atoms with E-state index in [9.17, 15) is 0 Å². The van der Waals surface area contributed by atoms with Crippen LogP contribution in [-0.2, 0) is 0 Å². The van der Waals surface area contributed by atoms with Crippen LogP contribution < -0.4 is 4.90 Å². The van der Waals surface area contributed by atoms with Crippen molar-refractivity contribution in [2.45, 2.75) is 13.3 Å². The average Bonchev–Trinajstić information content (AvgIpc) is 3.04. The lowest BCUT2D eigenvalue weighted by atomic mass is 10.2. The van der Waals surface area contributed by atoms with Crippen LogP contribution in [0.1, 0.15) is 18.9 Å². The number of benzene rings is 1. The Morgan fingerprint density at radius 1 is 1.12 bits per heavy atom. The zero-order valence-corrected chi connectivity index (χ0v) is 16.3. The van der Waals surface area contributed by atoms with Gasteiger partial charge in [-0.15, -0.1) is 11.3 Å². The molecule has 0 amide bonds. The summed E-state index contributed by atoms with van der Waals surface area (Å²) in [7, 11) is 2.18. The molecule has 2 aliphatic heterocycles. The van der Waals surface area contributed by atoms with Crippen molar-refractivity contribution in [1.82, 2.24) is 9.80 Å². The van der Waals surface area contributed by atoms with Gasteiger partial charge < -0.3 is 14.7 Å². The first-order chi connectivity index (χ1) is 12.2. The zero-order valence-electron chi connectivity index (χ0n) is 14.7. The second kappa shape index (κ2) is 6.98. The predicted molar refractivity (Wildman–Crippen MR) is 108 cm³/mol. The molecule has 1 saturated heterocycles. The topological polar surface area (TPSA) is 22.1 Å². The van der Waals surface area contributed by atoms with Crippen molar-refractivity contribution in [2.75, 3.05) is 44.7 Å². The minimum Gasteiger partial charge on any atom is -0.353 e. The van der Waals surface area contributed by atoms with E-state index < -0.39 is 0 Å². The Morgan fingerprint density at radius 2 is 1.92 bits per heavy atom. The molecule has 0 unspecified atom stereocenters. The summed E-state index contributed by atoms with van der Waals surface area (Å²) in [5.41, 5.74) is 4.63. The van der Waals surface area contributed by atoms with E-state index in [0.717, 1.165) is 61.4 Å². The van der Waals surface area contributed by atoms with Crippen molar-refractivity contribution < 1.29 is 0 Å². The Kier molecular flexibility index (Phi) is 4.71. The molecule has 1 aromatic heterocycles. The van der Waals surface area contributed by atoms with Crippen LogP contribution in [0.2, 0.25) is 5.02 Å². The van der Waals surface area contributed by atoms with Crippen LogP contribution in [-0.4, -0.2) is 55.4 Å². The smallest absolute Gasteiger partial charge is 0.139 e. The Balaban J connectivity index is 1.84. The van der Waals surface area contributed by atoms with E-state index >= 15 is 0 Å². The highest BCUT2D eigenvalue weighted by Gasteiger charge is 2.28. The number of fused-ring (bicyclic) bond motifs is 2. The monoisotopic (exact) mass is 374 g/mol. The summed E-state index contributed by atoms with van der Waals surface area (Å²) in [4.78, 5) is 12.3. The molecule has 1 fully saturated rings. The van der Waals surface area contributed by atoms with E-state index in [0.29, 0.717) is 0 Å². The predicted octanol–water partition coefficient (Wildman–Crippen LogP) is 4.59. The van der Waals surface area contributed by atoms with Crippen molar-refractivity contribution in [2.24, 2.45) is 4.99 Å². The number of halogens is 1. The molecule has 0 atom stereocenters. The van der Waals surface area contributed by atoms with Crippen LogP contribution in [0.3, 0.4) is 0 Å². The number of likely N-dealkylation sites (N-methyl/N-ethyl adjacent to an activating group) is 1. The highest BCUT2D eigenvalue weighted by atomic mass is 35.5. The standard InChI is InChI=1S/C19H23ClN4S/c1-3-6-24-17-5-4-14(20)11-16(17)21-19(15-12-25-13-18(15)24)23-9-7-22(2)8-10-23/h4-5,11-13H,3,6-10H2,1-2H3. The number of rotatable bonds is 2. The first-order valence-electron chi connectivity index (χ1n) is 8.83. The molecular formula is C19H23ClN4S. The van der Waals surface area contributed by atoms with Crippen LogP contribution in [0.15, 0.2) is 34.0 Å². The molecule has 2 aromatic rings. The van der Waals surface area contributed by atoms with Gasteiger partial charge in [0.25, 0.3) is 0 Å². The van der Waals surface area contributed by atoms with Gasteiger partial charge in [0.05, 0.1) is 22.6 Å². The molecule has 0 radical (unpaired) electrons. The Morgan fingerprint density at radius 3 is 2.68 bits per heavy atom. The van der Waals surface area contributed by atoms with E-state index in [1.165, 1.54) is 11.3 Å². The number of piperazine rings is 1. The molecule has 0 saturated carbocycles. The van der Waals surface area contributed by atoms with Crippen LogP contribution in [0, 0.1) is 0 Å². The molecule has 4 rings (SSSR count). The van der Waals surface area contributed by atoms with Gasteiger partial charge in [-0.05, 0) is 31.7 Å². The van der Waals surface area contributed by atoms with Gasteiger partial charge in [0.2, 0.25) is 0 Å². The molecule has 1 aromatic carbocycles. The number of nitrogens with zero attached hydrogens (tertiary/aromatic N) is 4. The van der Waals surface area contributed by atoms with Crippen molar-refractivity contribution in [1.29, 1.82) is 0 Å². The minimum atomic E-state index is 0.737. The van der Waals surface area contributed by atoms with Crippen molar-refractivity contribution >= 4 is 45.8 Å². The van der Waals surface area contributed by atoms with E-state index in [2.05, 4.69) is 45.5 Å². The quantitative estimate of drug-likeness (QED) is 0.767. The van der Waals surface area contributed by atoms with Crippen LogP contribution >= 0.6 is 22.9 Å². The first kappa shape index (κ1) is 16.9. The van der Waals surface area contributed by atoms with Crippen molar-refractivity contribution in [3.8, 4) is 0 Å². The summed E-state index contributed by atoms with van der Waals surface area (Å²) in [6.07, 6.45) is 1.08. The van der Waals surface area contributed by atoms with Crippen LogP contribution in [0.25, 0.3) is 0 Å². The molecular weight excluding hydrogens is 352 g/mol. The first-order valence-corrected chi connectivity index (χ1v) is 10.2. The molecule has 3 heterocycles. The number of aliphatic imine (C=N–C) groups is 1. The summed E-state index contributed by atoms with van der Waals surface area (Å²) in [5.74, 6) is 1.09. The summed E-state index contributed by atoms with van der Waals surface area (Å²) in [6.45, 7) is 7.35. The van der Waals surface area contributed by atoms with Crippen molar-refractivity contribution in [3.05, 3.63) is 39.5 Å². The van der Waals surface area contributed by atoms with E-state index in [1.807, 2.05) is 12.1 Å². The van der Waals surface area contributed by atoms with E-state index in [1.54, 1.807) is 11.3 Å². The summed E-state index contributed by atoms with van der Waals surface area (Å²) < 4.78 is 0. The molecule has 25 heavy (non-hydrogen) atoms. The largest absolute Gasteiger partial charge is 0.353 e. The fourth-order valence-corrected chi connectivity index (χ4v) is 4.49. The van der Waals surface area contributed by atoms with E-state index in [4.69, 9.17) is 16.6 Å². The molecule has 4 nitrogen and oxygen atoms in total. The maximum atomic E-state index is 6.29. The van der Waals surface area contributed by atoms with Gasteiger partial charge in [-0.1, -0.05) is 18.5 Å². The lowest BCUT2D eigenvalue weighted by Gasteiger charge is -2.34. The average molecular weight is 375 g/mol. The maximum absolute atomic E-state index is 6.29. The summed E-state index contributed by atoms with van der Waals surface area (Å²) in [5, 5.41) is 5.23. The second-order valence-electron chi connectivity index (χ2n) is 6.68. The van der Waals surface area contributed by atoms with Gasteiger partial charge in [0.15, 0.2) is 0 Å². The van der Waals surface area contributed by atoms with Gasteiger partial charge in [-0.2, -0.15) is 0 Å². The second-order valence-corrected chi connectivity index (χ2v) is 7.86. The van der Waals surface area contributed by atoms with Gasteiger partial charge in [0, 0.05) is 48.5 Å². The van der Waals surface area contributed by atoms with Gasteiger partial charge in [0.1, 0.15) is 5.84 Å². The third-order valence-electron chi connectivity index (χ3n) is 4.88. The number of amidine groups is 1. The molecule has 0 bridgehead atoms. The molecule has 2 aliphatic rings. The lowest BCUT2D eigenvalue weighted by Crippen LogP contribution is -2.47. The van der Waals surface area contributed by atoms with Crippen LogP contribution in [0.5, 0.6) is 0 Å². The highest BCUT2D eigenvalue weighted by molar-refractivity contribution is 7.08. The van der Waals surface area contributed by atoms with Crippen molar-refractivity contribution in [3.63, 3.8) is 0 Å². The SMILES string of the molecule is CCCN1c2ccc(Cl)cc2N=C(N2CCN(C)CC2)c2cscc21. The zero-order chi connectivity index (χ0) is 17.4. The van der Waals surface area contributed by atoms with Gasteiger partial charge in [-0.25, -0.2) is 4.99 Å². The fourth-order valence-electron chi connectivity index (χ4n) is 3.51. The third-order valence-corrected chi connectivity index (χ3v) is 5.84. The lowest BCUT2D eigenvalue weighted by molar-refractivity contribution is 0.216.